The minimum atomic E-state index is -4.56. The van der Waals surface area contributed by atoms with Gasteiger partial charge in [0, 0.05) is 17.5 Å². The summed E-state index contributed by atoms with van der Waals surface area (Å²) < 4.78 is 38.9. The molecule has 2 N–H and O–H groups in total. The van der Waals surface area contributed by atoms with E-state index in [0.717, 1.165) is 23.0 Å². The van der Waals surface area contributed by atoms with Crippen LogP contribution in [-0.4, -0.2) is 22.7 Å². The molecule has 2 aromatic heterocycles. The molecule has 0 spiro atoms. The highest BCUT2D eigenvalue weighted by atomic mass is 32.1. The van der Waals surface area contributed by atoms with E-state index < -0.39 is 23.2 Å². The molecule has 6 nitrogen and oxygen atoms in total. The van der Waals surface area contributed by atoms with E-state index in [4.69, 9.17) is 0 Å². The second-order valence-electron chi connectivity index (χ2n) is 7.95. The molecular weight excluding hydrogens is 455 g/mol. The Morgan fingerprint density at radius 1 is 1.18 bits per heavy atom. The molecule has 3 heterocycles. The lowest BCUT2D eigenvalue weighted by molar-refractivity contribution is -0.141. The molecule has 0 saturated carbocycles. The largest absolute Gasteiger partial charge is 0.433 e. The summed E-state index contributed by atoms with van der Waals surface area (Å²) in [6.07, 6.45) is -3.37. The Morgan fingerprint density at radius 3 is 2.48 bits per heavy atom. The third-order valence-electron chi connectivity index (χ3n) is 6.07. The number of carbonyl (C=O) groups excluding carboxylic acids is 3. The van der Waals surface area contributed by atoms with E-state index in [9.17, 15) is 27.6 Å². The number of thiophene rings is 1. The van der Waals surface area contributed by atoms with Crippen LogP contribution in [0.5, 0.6) is 0 Å². The Kier molecular flexibility index (Phi) is 5.73. The van der Waals surface area contributed by atoms with Gasteiger partial charge in [0.05, 0.1) is 10.3 Å². The molecule has 1 atom stereocenters. The maximum atomic E-state index is 13.0. The van der Waals surface area contributed by atoms with Crippen LogP contribution in [0.15, 0.2) is 36.4 Å². The first kappa shape index (κ1) is 22.9. The van der Waals surface area contributed by atoms with Gasteiger partial charge < -0.3 is 5.32 Å². The van der Waals surface area contributed by atoms with Gasteiger partial charge in [0.15, 0.2) is 0 Å². The quantitative estimate of drug-likeness (QED) is 0.522. The monoisotopic (exact) mass is 475 g/mol. The van der Waals surface area contributed by atoms with E-state index in [0.29, 0.717) is 29.5 Å². The number of halogens is 3. The molecule has 0 aliphatic carbocycles. The van der Waals surface area contributed by atoms with Crippen LogP contribution in [0.2, 0.25) is 0 Å². The fraction of sp³-hybridized carbons (Fsp3) is 0.304. The van der Waals surface area contributed by atoms with Crippen LogP contribution in [0, 0.1) is 6.92 Å². The van der Waals surface area contributed by atoms with Crippen molar-refractivity contribution in [3.05, 3.63) is 58.1 Å². The zero-order chi connectivity index (χ0) is 24.0. The van der Waals surface area contributed by atoms with Gasteiger partial charge in [-0.25, -0.2) is 4.98 Å². The maximum Gasteiger partial charge on any atom is 0.433 e. The van der Waals surface area contributed by atoms with Crippen molar-refractivity contribution in [2.75, 3.05) is 5.32 Å². The van der Waals surface area contributed by atoms with Crippen LogP contribution in [-0.2, 0) is 21.2 Å². The summed E-state index contributed by atoms with van der Waals surface area (Å²) in [6, 6.07) is 9.04. The van der Waals surface area contributed by atoms with Crippen molar-refractivity contribution in [3.8, 4) is 0 Å². The Labute approximate surface area is 191 Å². The van der Waals surface area contributed by atoms with Crippen LogP contribution in [0.4, 0.5) is 18.9 Å². The van der Waals surface area contributed by atoms with Crippen LogP contribution >= 0.6 is 11.3 Å². The summed E-state index contributed by atoms with van der Waals surface area (Å²) >= 11 is 0.903. The number of anilines is 1. The second kappa shape index (κ2) is 8.26. The van der Waals surface area contributed by atoms with Crippen molar-refractivity contribution >= 4 is 45.0 Å². The molecule has 1 aliphatic heterocycles. The summed E-state index contributed by atoms with van der Waals surface area (Å²) in [5.74, 6) is -1.07. The van der Waals surface area contributed by atoms with E-state index in [-0.39, 0.29) is 27.9 Å². The number of hydrogen-bond donors (Lipinski definition) is 2. The van der Waals surface area contributed by atoms with E-state index in [1.54, 1.807) is 31.2 Å². The van der Waals surface area contributed by atoms with Crippen molar-refractivity contribution in [1.82, 2.24) is 10.3 Å². The normalized spacial score (nSPS) is 18.9. The molecule has 1 saturated heterocycles. The van der Waals surface area contributed by atoms with Crippen molar-refractivity contribution in [2.24, 2.45) is 0 Å². The molecule has 1 aromatic carbocycles. The lowest BCUT2D eigenvalue weighted by atomic mass is 9.72. The van der Waals surface area contributed by atoms with Gasteiger partial charge in [-0.3, -0.25) is 19.7 Å². The SMILES string of the molecule is CCC1(c2ccc(NC(=O)c3sc4nc(C(F)(F)F)ccc4c3C)cc2)CCC(=O)NC1=O. The molecule has 0 radical (unpaired) electrons. The van der Waals surface area contributed by atoms with Gasteiger partial charge in [-0.15, -0.1) is 11.3 Å². The third-order valence-corrected chi connectivity index (χ3v) is 7.27. The molecule has 172 valence electrons. The predicted molar refractivity (Wildman–Crippen MR) is 118 cm³/mol. The molecule has 33 heavy (non-hydrogen) atoms. The van der Waals surface area contributed by atoms with Crippen molar-refractivity contribution in [2.45, 2.75) is 44.7 Å². The second-order valence-corrected chi connectivity index (χ2v) is 8.95. The number of hydrogen-bond acceptors (Lipinski definition) is 5. The first-order valence-electron chi connectivity index (χ1n) is 10.3. The number of benzene rings is 1. The van der Waals surface area contributed by atoms with Gasteiger partial charge in [0.1, 0.15) is 10.5 Å². The minimum Gasteiger partial charge on any atom is -0.321 e. The van der Waals surface area contributed by atoms with Gasteiger partial charge in [-0.1, -0.05) is 19.1 Å². The van der Waals surface area contributed by atoms with E-state index in [1.165, 1.54) is 6.07 Å². The number of pyridine rings is 1. The fourth-order valence-corrected chi connectivity index (χ4v) is 5.18. The summed E-state index contributed by atoms with van der Waals surface area (Å²) in [5, 5.41) is 5.64. The number of carbonyl (C=O) groups is 3. The zero-order valence-corrected chi connectivity index (χ0v) is 18.6. The van der Waals surface area contributed by atoms with Crippen LogP contribution in [0.25, 0.3) is 10.2 Å². The van der Waals surface area contributed by atoms with Crippen LogP contribution in [0.3, 0.4) is 0 Å². The van der Waals surface area contributed by atoms with Gasteiger partial charge >= 0.3 is 6.18 Å². The molecule has 10 heteroatoms. The smallest absolute Gasteiger partial charge is 0.321 e. The summed E-state index contributed by atoms with van der Waals surface area (Å²) in [5.41, 5.74) is -0.0330. The van der Waals surface area contributed by atoms with E-state index in [2.05, 4.69) is 15.6 Å². The number of nitrogens with zero attached hydrogens (tertiary/aromatic N) is 1. The van der Waals surface area contributed by atoms with E-state index in [1.807, 2.05) is 6.92 Å². The number of amides is 3. The number of rotatable bonds is 4. The number of alkyl halides is 3. The topological polar surface area (TPSA) is 88.2 Å². The number of aromatic nitrogens is 1. The fourth-order valence-electron chi connectivity index (χ4n) is 4.10. The first-order chi connectivity index (χ1) is 15.5. The standard InChI is InChI=1S/C23H20F3N3O3S/c1-3-22(11-10-17(30)29-21(22)32)13-4-6-14(7-5-13)27-19(31)18-12(2)15-8-9-16(23(24,25)26)28-20(15)33-18/h4-9H,3,10-11H2,1-2H3,(H,27,31)(H,29,30,32). The summed E-state index contributed by atoms with van der Waals surface area (Å²) in [7, 11) is 0. The lowest BCUT2D eigenvalue weighted by Gasteiger charge is -2.35. The van der Waals surface area contributed by atoms with Gasteiger partial charge in [-0.05, 0) is 55.2 Å². The predicted octanol–water partition coefficient (Wildman–Crippen LogP) is 4.96. The molecule has 1 aliphatic rings. The number of nitrogens with one attached hydrogen (secondary N) is 2. The lowest BCUT2D eigenvalue weighted by Crippen LogP contribution is -2.51. The Balaban J connectivity index is 1.57. The van der Waals surface area contributed by atoms with Crippen LogP contribution < -0.4 is 10.6 Å². The molecule has 1 fully saturated rings. The number of imide groups is 1. The highest BCUT2D eigenvalue weighted by Crippen LogP contribution is 2.37. The summed E-state index contributed by atoms with van der Waals surface area (Å²) in [4.78, 5) is 41.0. The highest BCUT2D eigenvalue weighted by Gasteiger charge is 2.42. The van der Waals surface area contributed by atoms with Gasteiger partial charge in [0.25, 0.3) is 5.91 Å². The minimum absolute atomic E-state index is 0.144. The Morgan fingerprint density at radius 2 is 1.88 bits per heavy atom. The molecular formula is C23H20F3N3O3S. The Bertz CT molecular complexity index is 1270. The van der Waals surface area contributed by atoms with Gasteiger partial charge in [0.2, 0.25) is 11.8 Å². The van der Waals surface area contributed by atoms with Crippen molar-refractivity contribution in [3.63, 3.8) is 0 Å². The van der Waals surface area contributed by atoms with Crippen molar-refractivity contribution in [1.29, 1.82) is 0 Å². The number of fused-ring (bicyclic) bond motifs is 1. The van der Waals surface area contributed by atoms with Crippen LogP contribution in [0.1, 0.15) is 52.7 Å². The molecule has 4 rings (SSSR count). The summed E-state index contributed by atoms with van der Waals surface area (Å²) in [6.45, 7) is 3.55. The first-order valence-corrected chi connectivity index (χ1v) is 11.1. The molecule has 1 unspecified atom stereocenters. The maximum absolute atomic E-state index is 13.0. The molecule has 3 amide bonds. The van der Waals surface area contributed by atoms with Gasteiger partial charge in [-0.2, -0.15) is 13.2 Å². The van der Waals surface area contributed by atoms with E-state index >= 15 is 0 Å². The number of aryl methyl sites for hydroxylation is 1. The average molecular weight is 475 g/mol. The molecule has 0 bridgehead atoms. The highest BCUT2D eigenvalue weighted by molar-refractivity contribution is 7.20. The number of piperidine rings is 1. The van der Waals surface area contributed by atoms with Crippen molar-refractivity contribution < 1.29 is 27.6 Å². The third kappa shape index (κ3) is 4.10. The molecule has 3 aromatic rings. The Hall–Kier alpha value is -3.27. The average Bonchev–Trinajstić information content (AvgIpc) is 3.10. The zero-order valence-electron chi connectivity index (χ0n) is 17.8.